The van der Waals surface area contributed by atoms with E-state index in [1.165, 1.54) is 24.3 Å². The van der Waals surface area contributed by atoms with Crippen molar-refractivity contribution in [3.05, 3.63) is 50.4 Å². The zero-order valence-electron chi connectivity index (χ0n) is 9.50. The molecule has 0 aliphatic heterocycles. The molecule has 8 heteroatoms. The van der Waals surface area contributed by atoms with Crippen LogP contribution >= 0.6 is 57.1 Å². The van der Waals surface area contributed by atoms with E-state index >= 15 is 0 Å². The molecule has 0 aliphatic carbocycles. The Morgan fingerprint density at radius 2 is 1.40 bits per heavy atom. The minimum absolute atomic E-state index is 0.124. The third kappa shape index (κ3) is 3.35. The lowest BCUT2D eigenvalue weighted by Gasteiger charge is -2.10. The molecule has 0 saturated carbocycles. The first-order chi connectivity index (χ1) is 9.20. The summed E-state index contributed by atoms with van der Waals surface area (Å²) in [6.45, 7) is 0. The Morgan fingerprint density at radius 3 is 1.90 bits per heavy atom. The highest BCUT2D eigenvalue weighted by Crippen LogP contribution is 2.38. The van der Waals surface area contributed by atoms with E-state index < -0.39 is 9.05 Å². The van der Waals surface area contributed by atoms with Crippen molar-refractivity contribution in [1.82, 2.24) is 0 Å². The molecule has 20 heavy (non-hydrogen) atoms. The Hall–Kier alpha value is -0.160. The lowest BCUT2D eigenvalue weighted by molar-refractivity contribution is 0.610. The lowest BCUT2D eigenvalue weighted by atomic mass is 10.1. The first-order valence-electron chi connectivity index (χ1n) is 5.09. The third-order valence-corrected chi connectivity index (χ3v) is 5.29. The van der Waals surface area contributed by atoms with Crippen molar-refractivity contribution in [3.8, 4) is 11.1 Å². The summed E-state index contributed by atoms with van der Waals surface area (Å²) in [6.07, 6.45) is 0. The van der Waals surface area contributed by atoms with Gasteiger partial charge in [-0.05, 0) is 29.8 Å². The third-order valence-electron chi connectivity index (χ3n) is 2.50. The van der Waals surface area contributed by atoms with Crippen LogP contribution in [0.4, 0.5) is 0 Å². The summed E-state index contributed by atoms with van der Waals surface area (Å²) in [5.41, 5.74) is 0.810. The maximum Gasteiger partial charge on any atom is 0.261 e. The SMILES string of the molecule is O=S(=O)(Cl)c1cc(Cl)ccc1-c1cc(Cl)c(Cl)c(Cl)c1. The van der Waals surface area contributed by atoms with Gasteiger partial charge in [-0.25, -0.2) is 8.42 Å². The summed E-state index contributed by atoms with van der Waals surface area (Å²) >= 11 is 23.5. The highest BCUT2D eigenvalue weighted by atomic mass is 35.7. The fourth-order valence-electron chi connectivity index (χ4n) is 1.65. The van der Waals surface area contributed by atoms with E-state index in [0.717, 1.165) is 0 Å². The van der Waals surface area contributed by atoms with Crippen molar-refractivity contribution in [2.24, 2.45) is 0 Å². The second-order valence-electron chi connectivity index (χ2n) is 3.83. The molecule has 0 N–H and O–H groups in total. The molecule has 0 spiro atoms. The van der Waals surface area contributed by atoms with E-state index in [4.69, 9.17) is 57.1 Å². The molecule has 2 nitrogen and oxygen atoms in total. The molecule has 0 amide bonds. The highest BCUT2D eigenvalue weighted by Gasteiger charge is 2.19. The van der Waals surface area contributed by atoms with Crippen LogP contribution in [0.15, 0.2) is 35.2 Å². The van der Waals surface area contributed by atoms with Crippen LogP contribution in [-0.4, -0.2) is 8.42 Å². The predicted molar refractivity (Wildman–Crippen MR) is 85.0 cm³/mol. The standard InChI is InChI=1S/C12H5Cl5O2S/c13-7-1-2-8(11(5-7)20(17,18)19)6-3-9(14)12(16)10(15)4-6/h1-5H. The average Bonchev–Trinajstić information content (AvgIpc) is 2.34. The second kappa shape index (κ2) is 5.91. The maximum absolute atomic E-state index is 11.6. The van der Waals surface area contributed by atoms with Gasteiger partial charge < -0.3 is 0 Å². The molecule has 2 rings (SSSR count). The molecule has 0 bridgehead atoms. The number of benzene rings is 2. The van der Waals surface area contributed by atoms with Gasteiger partial charge in [-0.15, -0.1) is 0 Å². The van der Waals surface area contributed by atoms with Gasteiger partial charge in [-0.2, -0.15) is 0 Å². The van der Waals surface area contributed by atoms with Crippen LogP contribution in [0.25, 0.3) is 11.1 Å². The largest absolute Gasteiger partial charge is 0.261 e. The molecule has 0 saturated heterocycles. The summed E-state index contributed by atoms with van der Waals surface area (Å²) in [5.74, 6) is 0. The number of rotatable bonds is 2. The number of halogens is 5. The summed E-state index contributed by atoms with van der Waals surface area (Å²) in [5, 5.41) is 0.865. The molecule has 0 radical (unpaired) electrons. The van der Waals surface area contributed by atoms with Gasteiger partial charge in [0.2, 0.25) is 0 Å². The highest BCUT2D eigenvalue weighted by molar-refractivity contribution is 8.13. The van der Waals surface area contributed by atoms with Crippen molar-refractivity contribution in [2.45, 2.75) is 4.90 Å². The topological polar surface area (TPSA) is 34.1 Å². The van der Waals surface area contributed by atoms with E-state index in [9.17, 15) is 8.42 Å². The van der Waals surface area contributed by atoms with Crippen molar-refractivity contribution in [3.63, 3.8) is 0 Å². The second-order valence-corrected chi connectivity index (χ2v) is 8.00. The fourth-order valence-corrected chi connectivity index (χ4v) is 3.58. The lowest BCUT2D eigenvalue weighted by Crippen LogP contribution is -1.95. The Bertz CT molecular complexity index is 763. The Labute approximate surface area is 140 Å². The van der Waals surface area contributed by atoms with Crippen LogP contribution in [0.3, 0.4) is 0 Å². The quantitative estimate of drug-likeness (QED) is 0.473. The Balaban J connectivity index is 2.77. The predicted octanol–water partition coefficient (Wildman–Crippen LogP) is 5.89. The summed E-state index contributed by atoms with van der Waals surface area (Å²) in [4.78, 5) is -0.124. The van der Waals surface area contributed by atoms with Crippen LogP contribution < -0.4 is 0 Å². The van der Waals surface area contributed by atoms with Gasteiger partial charge in [0, 0.05) is 21.3 Å². The number of hydrogen-bond acceptors (Lipinski definition) is 2. The minimum atomic E-state index is -3.97. The van der Waals surface area contributed by atoms with Crippen LogP contribution in [0, 0.1) is 0 Å². The maximum atomic E-state index is 11.6. The van der Waals surface area contributed by atoms with Crippen molar-refractivity contribution < 1.29 is 8.42 Å². The summed E-state index contributed by atoms with van der Waals surface area (Å²) < 4.78 is 23.3. The minimum Gasteiger partial charge on any atom is -0.207 e. The first kappa shape index (κ1) is 16.2. The van der Waals surface area contributed by atoms with Gasteiger partial charge in [-0.3, -0.25) is 0 Å². The van der Waals surface area contributed by atoms with E-state index in [1.807, 2.05) is 0 Å². The van der Waals surface area contributed by atoms with Crippen LogP contribution in [0.1, 0.15) is 0 Å². The number of hydrogen-bond donors (Lipinski definition) is 0. The zero-order chi connectivity index (χ0) is 15.1. The molecular formula is C12H5Cl5O2S. The molecule has 0 heterocycles. The van der Waals surface area contributed by atoms with Crippen molar-refractivity contribution >= 4 is 66.1 Å². The summed E-state index contributed by atoms with van der Waals surface area (Å²) in [7, 11) is 1.45. The van der Waals surface area contributed by atoms with Crippen molar-refractivity contribution in [1.29, 1.82) is 0 Å². The average molecular weight is 391 g/mol. The molecule has 2 aromatic carbocycles. The molecular weight excluding hydrogens is 385 g/mol. The van der Waals surface area contributed by atoms with Gasteiger partial charge in [0.1, 0.15) is 0 Å². The fraction of sp³-hybridized carbons (Fsp3) is 0. The van der Waals surface area contributed by atoms with Gasteiger partial charge in [0.15, 0.2) is 0 Å². The zero-order valence-corrected chi connectivity index (χ0v) is 14.1. The van der Waals surface area contributed by atoms with Crippen LogP contribution in [-0.2, 0) is 9.05 Å². The molecule has 2 aromatic rings. The van der Waals surface area contributed by atoms with Gasteiger partial charge in [0.05, 0.1) is 20.0 Å². The van der Waals surface area contributed by atoms with Gasteiger partial charge in [-0.1, -0.05) is 52.5 Å². The molecule has 0 unspecified atom stereocenters. The van der Waals surface area contributed by atoms with E-state index in [0.29, 0.717) is 11.1 Å². The monoisotopic (exact) mass is 388 g/mol. The van der Waals surface area contributed by atoms with E-state index in [2.05, 4.69) is 0 Å². The smallest absolute Gasteiger partial charge is 0.207 e. The van der Waals surface area contributed by atoms with Gasteiger partial charge >= 0.3 is 0 Å². The molecule has 0 atom stereocenters. The van der Waals surface area contributed by atoms with Crippen LogP contribution in [0.5, 0.6) is 0 Å². The normalized spacial score (nSPS) is 11.7. The van der Waals surface area contributed by atoms with E-state index in [1.54, 1.807) is 6.07 Å². The molecule has 106 valence electrons. The van der Waals surface area contributed by atoms with E-state index in [-0.39, 0.29) is 25.0 Å². The molecule has 0 aliphatic rings. The Morgan fingerprint density at radius 1 is 0.850 bits per heavy atom. The first-order valence-corrected chi connectivity index (χ1v) is 8.91. The molecule has 0 aromatic heterocycles. The molecule has 0 fully saturated rings. The Kier molecular flexibility index (Phi) is 4.80. The van der Waals surface area contributed by atoms with Crippen molar-refractivity contribution in [2.75, 3.05) is 0 Å². The van der Waals surface area contributed by atoms with Crippen LogP contribution in [0.2, 0.25) is 20.1 Å². The van der Waals surface area contributed by atoms with Gasteiger partial charge in [0.25, 0.3) is 9.05 Å². The summed E-state index contributed by atoms with van der Waals surface area (Å²) in [6, 6.07) is 7.33.